The number of benzene rings is 1. The molecule has 1 N–H and O–H groups in total. The molecule has 30 heavy (non-hydrogen) atoms. The first-order chi connectivity index (χ1) is 14.6. The van der Waals surface area contributed by atoms with Crippen molar-refractivity contribution in [3.05, 3.63) is 83.7 Å². The zero-order valence-electron chi connectivity index (χ0n) is 15.7. The topological polar surface area (TPSA) is 89.6 Å². The molecule has 1 aliphatic carbocycles. The molecule has 3 aromatic heterocycles. The molecule has 9 heteroatoms. The first kappa shape index (κ1) is 18.4. The van der Waals surface area contributed by atoms with Crippen molar-refractivity contribution in [1.82, 2.24) is 29.7 Å². The Morgan fingerprint density at radius 2 is 1.63 bits per heavy atom. The van der Waals surface area contributed by atoms with E-state index in [0.717, 1.165) is 12.0 Å². The fraction of sp³-hybridized carbons (Fsp3) is 0.190. The van der Waals surface area contributed by atoms with Gasteiger partial charge in [0.05, 0.1) is 12.8 Å². The molecular weight excluding hydrogens is 390 g/mol. The molecule has 1 aliphatic rings. The van der Waals surface area contributed by atoms with Crippen molar-refractivity contribution in [2.75, 3.05) is 0 Å². The maximum atomic E-state index is 14.4. The second kappa shape index (κ2) is 7.34. The van der Waals surface area contributed by atoms with Gasteiger partial charge in [-0.2, -0.15) is 5.10 Å². The third kappa shape index (κ3) is 3.33. The Balaban J connectivity index is 1.40. The van der Waals surface area contributed by atoms with E-state index in [1.807, 2.05) is 0 Å². The van der Waals surface area contributed by atoms with E-state index in [-0.39, 0.29) is 24.1 Å². The Hall–Kier alpha value is -3.59. The lowest BCUT2D eigenvalue weighted by Gasteiger charge is -2.08. The molecule has 150 valence electrons. The summed E-state index contributed by atoms with van der Waals surface area (Å²) >= 11 is 0. The van der Waals surface area contributed by atoms with Crippen LogP contribution >= 0.6 is 0 Å². The maximum absolute atomic E-state index is 14.4. The molecule has 3 heterocycles. The van der Waals surface area contributed by atoms with Gasteiger partial charge in [-0.1, -0.05) is 0 Å². The predicted molar refractivity (Wildman–Crippen MR) is 103 cm³/mol. The van der Waals surface area contributed by atoms with Gasteiger partial charge in [0.15, 0.2) is 23.3 Å². The van der Waals surface area contributed by atoms with Gasteiger partial charge >= 0.3 is 0 Å². The van der Waals surface area contributed by atoms with Crippen molar-refractivity contribution in [2.24, 2.45) is 0 Å². The number of aromatic nitrogens is 6. The fourth-order valence-corrected chi connectivity index (χ4v) is 3.54. The smallest absolute Gasteiger partial charge is 0.197 e. The van der Waals surface area contributed by atoms with Crippen LogP contribution in [0.4, 0.5) is 8.78 Å². The Kier molecular flexibility index (Phi) is 4.51. The van der Waals surface area contributed by atoms with Gasteiger partial charge < -0.3 is 5.11 Å². The van der Waals surface area contributed by atoms with Crippen LogP contribution in [0.25, 0.3) is 17.3 Å². The van der Waals surface area contributed by atoms with Gasteiger partial charge in [-0.3, -0.25) is 0 Å². The van der Waals surface area contributed by atoms with E-state index in [1.165, 1.54) is 23.1 Å². The highest BCUT2D eigenvalue weighted by Gasteiger charge is 2.41. The number of nitrogens with zero attached hydrogens (tertiary/aromatic N) is 6. The Labute approximate surface area is 170 Å². The third-order valence-corrected chi connectivity index (χ3v) is 5.18. The second-order valence-corrected chi connectivity index (χ2v) is 7.15. The summed E-state index contributed by atoms with van der Waals surface area (Å²) in [7, 11) is 0. The Morgan fingerprint density at radius 1 is 0.933 bits per heavy atom. The normalized spacial score (nSPS) is 17.8. The van der Waals surface area contributed by atoms with Crippen molar-refractivity contribution in [3.63, 3.8) is 0 Å². The SMILES string of the molecule is OCc1cnn(-c2cc([C@@H]3C[C@H]3c3cnc(-c4ncccn4)nc3)cc(F)c2F)c1. The molecule has 1 saturated carbocycles. The summed E-state index contributed by atoms with van der Waals surface area (Å²) in [4.78, 5) is 16.9. The Morgan fingerprint density at radius 3 is 2.33 bits per heavy atom. The van der Waals surface area contributed by atoms with Crippen molar-refractivity contribution in [3.8, 4) is 17.3 Å². The highest BCUT2D eigenvalue weighted by Crippen LogP contribution is 2.54. The van der Waals surface area contributed by atoms with E-state index in [0.29, 0.717) is 22.8 Å². The molecule has 5 rings (SSSR count). The van der Waals surface area contributed by atoms with E-state index in [2.05, 4.69) is 25.0 Å². The summed E-state index contributed by atoms with van der Waals surface area (Å²) in [5.41, 5.74) is 2.14. The minimum Gasteiger partial charge on any atom is -0.392 e. The monoisotopic (exact) mass is 406 g/mol. The molecule has 0 saturated heterocycles. The lowest BCUT2D eigenvalue weighted by molar-refractivity contribution is 0.282. The molecule has 4 aromatic rings. The molecule has 1 fully saturated rings. The van der Waals surface area contributed by atoms with Gasteiger partial charge in [-0.25, -0.2) is 33.4 Å². The minimum absolute atomic E-state index is 0.0168. The molecule has 7 nitrogen and oxygen atoms in total. The number of aliphatic hydroxyl groups is 1. The highest BCUT2D eigenvalue weighted by molar-refractivity contribution is 5.45. The molecule has 0 bridgehead atoms. The summed E-state index contributed by atoms with van der Waals surface area (Å²) in [6.45, 7) is -0.224. The lowest BCUT2D eigenvalue weighted by atomic mass is 10.1. The number of rotatable bonds is 5. The van der Waals surface area contributed by atoms with Crippen LogP contribution in [0.1, 0.15) is 34.9 Å². The Bertz CT molecular complexity index is 1200. The highest BCUT2D eigenvalue weighted by atomic mass is 19.2. The van der Waals surface area contributed by atoms with Gasteiger partial charge in [0.1, 0.15) is 5.69 Å². The van der Waals surface area contributed by atoms with Crippen LogP contribution in [-0.4, -0.2) is 34.8 Å². The van der Waals surface area contributed by atoms with Crippen molar-refractivity contribution >= 4 is 0 Å². The molecule has 0 radical (unpaired) electrons. The van der Waals surface area contributed by atoms with E-state index < -0.39 is 11.6 Å². The van der Waals surface area contributed by atoms with Gasteiger partial charge in [0.2, 0.25) is 0 Å². The van der Waals surface area contributed by atoms with Crippen LogP contribution in [0.2, 0.25) is 0 Å². The standard InChI is InChI=1S/C21H16F2N6O/c22-17-4-13(5-18(19(17)23)29-10-12(11-30)7-28-29)15-6-16(15)14-8-26-21(27-9-14)20-24-2-1-3-25-20/h1-5,7-10,15-16,30H,6,11H2/t15-,16-/m0/s1. The lowest BCUT2D eigenvalue weighted by Crippen LogP contribution is -2.03. The summed E-state index contributed by atoms with van der Waals surface area (Å²) in [6, 6.07) is 4.55. The zero-order chi connectivity index (χ0) is 20.7. The van der Waals surface area contributed by atoms with Gasteiger partial charge in [-0.05, 0) is 47.6 Å². The first-order valence-corrected chi connectivity index (χ1v) is 9.37. The molecule has 0 amide bonds. The maximum Gasteiger partial charge on any atom is 0.197 e. The van der Waals surface area contributed by atoms with Crippen LogP contribution in [0, 0.1) is 11.6 Å². The van der Waals surface area contributed by atoms with E-state index in [1.54, 1.807) is 36.9 Å². The molecule has 0 unspecified atom stereocenters. The first-order valence-electron chi connectivity index (χ1n) is 9.37. The number of halogens is 2. The minimum atomic E-state index is -0.973. The van der Waals surface area contributed by atoms with Crippen molar-refractivity contribution in [2.45, 2.75) is 24.9 Å². The molecule has 2 atom stereocenters. The van der Waals surface area contributed by atoms with E-state index >= 15 is 0 Å². The average molecular weight is 406 g/mol. The van der Waals surface area contributed by atoms with Gasteiger partial charge in [0.25, 0.3) is 0 Å². The van der Waals surface area contributed by atoms with E-state index in [9.17, 15) is 13.9 Å². The predicted octanol–water partition coefficient (Wildman–Crippen LogP) is 3.16. The molecule has 0 spiro atoms. The quantitative estimate of drug-likeness (QED) is 0.548. The second-order valence-electron chi connectivity index (χ2n) is 7.15. The van der Waals surface area contributed by atoms with Crippen LogP contribution in [0.3, 0.4) is 0 Å². The van der Waals surface area contributed by atoms with Crippen LogP contribution in [-0.2, 0) is 6.61 Å². The van der Waals surface area contributed by atoms with Gasteiger partial charge in [0, 0.05) is 36.5 Å². The fourth-order valence-electron chi connectivity index (χ4n) is 3.54. The van der Waals surface area contributed by atoms with Crippen molar-refractivity contribution < 1.29 is 13.9 Å². The molecule has 0 aliphatic heterocycles. The summed E-state index contributed by atoms with van der Waals surface area (Å²) < 4.78 is 29.9. The zero-order valence-corrected chi connectivity index (χ0v) is 15.7. The van der Waals surface area contributed by atoms with Crippen LogP contribution in [0.15, 0.2) is 55.4 Å². The summed E-state index contributed by atoms with van der Waals surface area (Å²) in [5.74, 6) is -0.859. The third-order valence-electron chi connectivity index (χ3n) is 5.18. The summed E-state index contributed by atoms with van der Waals surface area (Å²) in [5, 5.41) is 13.2. The molecular formula is C21H16F2N6O. The van der Waals surface area contributed by atoms with Gasteiger partial charge in [-0.15, -0.1) is 0 Å². The van der Waals surface area contributed by atoms with Crippen molar-refractivity contribution in [1.29, 1.82) is 0 Å². The summed E-state index contributed by atoms with van der Waals surface area (Å²) in [6.07, 6.45) is 10.4. The van der Waals surface area contributed by atoms with E-state index in [4.69, 9.17) is 0 Å². The van der Waals surface area contributed by atoms with Crippen LogP contribution < -0.4 is 0 Å². The van der Waals surface area contributed by atoms with Crippen LogP contribution in [0.5, 0.6) is 0 Å². The number of hydrogen-bond acceptors (Lipinski definition) is 6. The number of aliphatic hydroxyl groups excluding tert-OH is 1. The molecule has 1 aromatic carbocycles. The largest absolute Gasteiger partial charge is 0.392 e. The average Bonchev–Trinajstić information content (AvgIpc) is 3.45. The number of hydrogen-bond donors (Lipinski definition) is 1.